The number of carboxylic acid groups (broad SMARTS) is 1. The van der Waals surface area contributed by atoms with E-state index in [0.717, 1.165) is 0 Å². The molecule has 0 radical (unpaired) electrons. The highest BCUT2D eigenvalue weighted by Crippen LogP contribution is 2.02. The number of amides is 2. The van der Waals surface area contributed by atoms with E-state index in [1.807, 2.05) is 20.8 Å². The normalized spacial score (nSPS) is 10.1. The summed E-state index contributed by atoms with van der Waals surface area (Å²) < 4.78 is 0. The van der Waals surface area contributed by atoms with Crippen molar-refractivity contribution in [3.63, 3.8) is 0 Å². The second-order valence-electron chi connectivity index (χ2n) is 3.41. The zero-order valence-electron chi connectivity index (χ0n) is 9.15. The molecule has 82 valence electrons. The average Bonchev–Trinajstić information content (AvgIpc) is 2.03. The van der Waals surface area contributed by atoms with E-state index in [-0.39, 0.29) is 18.6 Å². The van der Waals surface area contributed by atoms with Crippen molar-refractivity contribution in [1.29, 1.82) is 0 Å². The fourth-order valence-electron chi connectivity index (χ4n) is 1.21. The van der Waals surface area contributed by atoms with Crippen LogP contribution in [0, 0.1) is 0 Å². The molecule has 0 heterocycles. The Morgan fingerprint density at radius 3 is 2.14 bits per heavy atom. The van der Waals surface area contributed by atoms with Crippen molar-refractivity contribution in [1.82, 2.24) is 9.80 Å². The van der Waals surface area contributed by atoms with E-state index in [0.29, 0.717) is 6.54 Å². The van der Waals surface area contributed by atoms with E-state index in [9.17, 15) is 9.59 Å². The van der Waals surface area contributed by atoms with Gasteiger partial charge < -0.3 is 14.9 Å². The van der Waals surface area contributed by atoms with Crippen molar-refractivity contribution in [3.05, 3.63) is 0 Å². The van der Waals surface area contributed by atoms with Crippen LogP contribution in [0.3, 0.4) is 0 Å². The molecule has 0 rings (SSSR count). The molecule has 0 aromatic carbocycles. The molecule has 1 N–H and O–H groups in total. The Kier molecular flexibility index (Phi) is 4.97. The Hall–Kier alpha value is -1.26. The number of carbonyl (C=O) groups excluding carboxylic acids is 1. The second-order valence-corrected chi connectivity index (χ2v) is 3.41. The van der Waals surface area contributed by atoms with Gasteiger partial charge in [-0.15, -0.1) is 0 Å². The summed E-state index contributed by atoms with van der Waals surface area (Å²) in [4.78, 5) is 24.8. The lowest BCUT2D eigenvalue weighted by Crippen LogP contribution is -2.46. The van der Waals surface area contributed by atoms with E-state index in [1.54, 1.807) is 4.90 Å². The Balaban J connectivity index is 4.34. The van der Waals surface area contributed by atoms with E-state index in [4.69, 9.17) is 5.11 Å². The fraction of sp³-hybridized carbons (Fsp3) is 0.778. The first-order valence-electron chi connectivity index (χ1n) is 4.63. The molecular formula is C9H18N2O3. The summed E-state index contributed by atoms with van der Waals surface area (Å²) in [5, 5.41) is 8.51. The molecule has 0 saturated carbocycles. The molecule has 0 atom stereocenters. The van der Waals surface area contributed by atoms with Gasteiger partial charge in [0.15, 0.2) is 0 Å². The van der Waals surface area contributed by atoms with Crippen LogP contribution in [0.25, 0.3) is 0 Å². The van der Waals surface area contributed by atoms with Crippen LogP contribution in [0.5, 0.6) is 0 Å². The summed E-state index contributed by atoms with van der Waals surface area (Å²) in [7, 11) is 1.49. The van der Waals surface area contributed by atoms with Gasteiger partial charge in [-0.05, 0) is 20.8 Å². The van der Waals surface area contributed by atoms with Crippen molar-refractivity contribution in [2.45, 2.75) is 26.8 Å². The zero-order chi connectivity index (χ0) is 11.3. The summed E-state index contributed by atoms with van der Waals surface area (Å²) in [6.07, 6.45) is 0. The largest absolute Gasteiger partial charge is 0.480 e. The summed E-state index contributed by atoms with van der Waals surface area (Å²) >= 11 is 0. The zero-order valence-corrected chi connectivity index (χ0v) is 9.15. The standard InChI is InChI=1S/C9H18N2O3/c1-5-11(7(2)3)9(14)10(4)6-8(12)13/h7H,5-6H2,1-4H3,(H,12,13). The number of likely N-dealkylation sites (N-methyl/N-ethyl adjacent to an activating group) is 1. The van der Waals surface area contributed by atoms with Crippen molar-refractivity contribution >= 4 is 12.0 Å². The lowest BCUT2D eigenvalue weighted by molar-refractivity contribution is -0.137. The van der Waals surface area contributed by atoms with E-state index < -0.39 is 5.97 Å². The molecule has 0 aliphatic heterocycles. The second kappa shape index (κ2) is 5.47. The Labute approximate surface area is 84.3 Å². The van der Waals surface area contributed by atoms with Gasteiger partial charge in [-0.3, -0.25) is 4.79 Å². The Morgan fingerprint density at radius 2 is 1.86 bits per heavy atom. The molecule has 0 fully saturated rings. The highest BCUT2D eigenvalue weighted by Gasteiger charge is 2.20. The predicted molar refractivity (Wildman–Crippen MR) is 53.2 cm³/mol. The molecule has 0 aromatic rings. The van der Waals surface area contributed by atoms with Crippen molar-refractivity contribution in [3.8, 4) is 0 Å². The molecule has 0 aromatic heterocycles. The monoisotopic (exact) mass is 202 g/mol. The van der Waals surface area contributed by atoms with Crippen LogP contribution in [0.1, 0.15) is 20.8 Å². The van der Waals surface area contributed by atoms with Gasteiger partial charge in [-0.1, -0.05) is 0 Å². The average molecular weight is 202 g/mol. The smallest absolute Gasteiger partial charge is 0.323 e. The van der Waals surface area contributed by atoms with Crippen LogP contribution in [-0.2, 0) is 4.79 Å². The van der Waals surface area contributed by atoms with Gasteiger partial charge in [-0.2, -0.15) is 0 Å². The summed E-state index contributed by atoms with van der Waals surface area (Å²) in [5.41, 5.74) is 0. The van der Waals surface area contributed by atoms with Gasteiger partial charge in [0.1, 0.15) is 6.54 Å². The SMILES string of the molecule is CCN(C(=O)N(C)CC(=O)O)C(C)C. The van der Waals surface area contributed by atoms with E-state index >= 15 is 0 Å². The number of carboxylic acids is 1. The number of urea groups is 1. The number of rotatable bonds is 4. The molecule has 0 saturated heterocycles. The minimum absolute atomic E-state index is 0.0868. The molecule has 0 aliphatic rings. The minimum atomic E-state index is -0.999. The maximum absolute atomic E-state index is 11.6. The molecule has 5 heteroatoms. The third-order valence-electron chi connectivity index (χ3n) is 1.91. The maximum Gasteiger partial charge on any atom is 0.323 e. The van der Waals surface area contributed by atoms with Crippen molar-refractivity contribution in [2.75, 3.05) is 20.1 Å². The van der Waals surface area contributed by atoms with Gasteiger partial charge in [0, 0.05) is 19.6 Å². The number of nitrogens with zero attached hydrogens (tertiary/aromatic N) is 2. The summed E-state index contributed by atoms with van der Waals surface area (Å²) in [6.45, 7) is 5.99. The molecular weight excluding hydrogens is 184 g/mol. The van der Waals surface area contributed by atoms with Gasteiger partial charge in [0.05, 0.1) is 0 Å². The number of hydrogen-bond donors (Lipinski definition) is 1. The topological polar surface area (TPSA) is 60.9 Å². The highest BCUT2D eigenvalue weighted by atomic mass is 16.4. The van der Waals surface area contributed by atoms with Gasteiger partial charge in [-0.25, -0.2) is 4.79 Å². The lowest BCUT2D eigenvalue weighted by Gasteiger charge is -2.29. The van der Waals surface area contributed by atoms with Crippen LogP contribution in [-0.4, -0.2) is 53.1 Å². The fourth-order valence-corrected chi connectivity index (χ4v) is 1.21. The Morgan fingerprint density at radius 1 is 1.36 bits per heavy atom. The van der Waals surface area contributed by atoms with Crippen molar-refractivity contribution < 1.29 is 14.7 Å². The van der Waals surface area contributed by atoms with Gasteiger partial charge in [0.25, 0.3) is 0 Å². The number of aliphatic carboxylic acids is 1. The first-order valence-corrected chi connectivity index (χ1v) is 4.63. The molecule has 2 amide bonds. The summed E-state index contributed by atoms with van der Waals surface area (Å²) in [5.74, 6) is -0.999. The minimum Gasteiger partial charge on any atom is -0.480 e. The maximum atomic E-state index is 11.6. The third kappa shape index (κ3) is 3.64. The molecule has 0 spiro atoms. The van der Waals surface area contributed by atoms with Crippen LogP contribution in [0.4, 0.5) is 4.79 Å². The van der Waals surface area contributed by atoms with Gasteiger partial charge >= 0.3 is 12.0 Å². The van der Waals surface area contributed by atoms with Crippen LogP contribution in [0.15, 0.2) is 0 Å². The third-order valence-corrected chi connectivity index (χ3v) is 1.91. The van der Waals surface area contributed by atoms with Crippen LogP contribution >= 0.6 is 0 Å². The van der Waals surface area contributed by atoms with Crippen LogP contribution < -0.4 is 0 Å². The van der Waals surface area contributed by atoms with E-state index in [2.05, 4.69) is 0 Å². The van der Waals surface area contributed by atoms with Gasteiger partial charge in [0.2, 0.25) is 0 Å². The quantitative estimate of drug-likeness (QED) is 0.735. The summed E-state index contributed by atoms with van der Waals surface area (Å²) in [6, 6.07) is -0.159. The first kappa shape index (κ1) is 12.7. The molecule has 0 bridgehead atoms. The van der Waals surface area contributed by atoms with Crippen molar-refractivity contribution in [2.24, 2.45) is 0 Å². The lowest BCUT2D eigenvalue weighted by atomic mass is 10.3. The first-order chi connectivity index (χ1) is 6.40. The molecule has 0 aliphatic carbocycles. The van der Waals surface area contributed by atoms with E-state index in [1.165, 1.54) is 11.9 Å². The molecule has 14 heavy (non-hydrogen) atoms. The number of carbonyl (C=O) groups is 2. The highest BCUT2D eigenvalue weighted by molar-refractivity contribution is 5.80. The molecule has 5 nitrogen and oxygen atoms in total. The van der Waals surface area contributed by atoms with Crippen LogP contribution in [0.2, 0.25) is 0 Å². The Bertz CT molecular complexity index is 216. The number of hydrogen-bond acceptors (Lipinski definition) is 2. The molecule has 0 unspecified atom stereocenters. The predicted octanol–water partition coefficient (Wildman–Crippen LogP) is 0.853.